The average Bonchev–Trinajstić information content (AvgIpc) is 2.88. The van der Waals surface area contributed by atoms with Crippen LogP contribution in [0.15, 0.2) is 30.7 Å². The van der Waals surface area contributed by atoms with Gasteiger partial charge in [0, 0.05) is 25.5 Å². The van der Waals surface area contributed by atoms with Gasteiger partial charge in [0.05, 0.1) is 11.8 Å². The van der Waals surface area contributed by atoms with Gasteiger partial charge in [-0.2, -0.15) is 5.26 Å². The molecule has 1 N–H and O–H groups in total. The number of aromatic nitrogens is 4. The molecule has 0 saturated carbocycles. The van der Waals surface area contributed by atoms with Crippen LogP contribution < -0.4 is 5.32 Å². The van der Waals surface area contributed by atoms with E-state index in [2.05, 4.69) is 20.6 Å². The topological polar surface area (TPSA) is 79.4 Å². The fourth-order valence-corrected chi connectivity index (χ4v) is 1.37. The van der Waals surface area contributed by atoms with Crippen molar-refractivity contribution < 1.29 is 0 Å². The first-order valence-corrected chi connectivity index (χ1v) is 5.32. The molecule has 0 bridgehead atoms. The monoisotopic (exact) mass is 228 g/mol. The van der Waals surface area contributed by atoms with Crippen LogP contribution in [0.4, 0.5) is 5.82 Å². The second-order valence-electron chi connectivity index (χ2n) is 3.49. The number of hydrogen-bond acceptors (Lipinski definition) is 5. The predicted octanol–water partition coefficient (Wildman–Crippen LogP) is 1.05. The van der Waals surface area contributed by atoms with Crippen LogP contribution in [0, 0.1) is 11.3 Å². The minimum atomic E-state index is 0.568. The highest BCUT2D eigenvalue weighted by molar-refractivity contribution is 5.38. The molecule has 6 heteroatoms. The minimum absolute atomic E-state index is 0.568. The highest BCUT2D eigenvalue weighted by atomic mass is 15.4. The zero-order chi connectivity index (χ0) is 11.9. The van der Waals surface area contributed by atoms with Crippen molar-refractivity contribution in [1.29, 1.82) is 5.26 Å². The highest BCUT2D eigenvalue weighted by Gasteiger charge is 1.95. The first-order chi connectivity index (χ1) is 8.38. The lowest BCUT2D eigenvalue weighted by molar-refractivity contribution is 0.569. The van der Waals surface area contributed by atoms with E-state index in [1.54, 1.807) is 29.2 Å². The molecule has 0 saturated heterocycles. The van der Waals surface area contributed by atoms with Crippen LogP contribution >= 0.6 is 0 Å². The summed E-state index contributed by atoms with van der Waals surface area (Å²) >= 11 is 0. The van der Waals surface area contributed by atoms with Gasteiger partial charge >= 0.3 is 0 Å². The molecule has 2 heterocycles. The van der Waals surface area contributed by atoms with Crippen LogP contribution in [0.25, 0.3) is 0 Å². The summed E-state index contributed by atoms with van der Waals surface area (Å²) in [4.78, 5) is 4.12. The maximum absolute atomic E-state index is 8.62. The average molecular weight is 228 g/mol. The zero-order valence-electron chi connectivity index (χ0n) is 9.24. The summed E-state index contributed by atoms with van der Waals surface area (Å²) < 4.78 is 1.79. The molecule has 0 aliphatic rings. The standard InChI is InChI=1S/C11H12N6/c12-8-10-2-3-11(14-9-10)13-4-1-6-17-7-5-15-16-17/h2-3,5,7,9H,1,4,6H2,(H,13,14). The highest BCUT2D eigenvalue weighted by Crippen LogP contribution is 2.03. The quantitative estimate of drug-likeness (QED) is 0.774. The van der Waals surface area contributed by atoms with E-state index in [9.17, 15) is 0 Å². The molecule has 6 nitrogen and oxygen atoms in total. The van der Waals surface area contributed by atoms with Gasteiger partial charge in [-0.3, -0.25) is 4.68 Å². The summed E-state index contributed by atoms with van der Waals surface area (Å²) in [5.74, 6) is 0.780. The number of nitrogens with zero attached hydrogens (tertiary/aromatic N) is 5. The molecule has 0 unspecified atom stereocenters. The fourth-order valence-electron chi connectivity index (χ4n) is 1.37. The van der Waals surface area contributed by atoms with Crippen molar-refractivity contribution in [1.82, 2.24) is 20.0 Å². The van der Waals surface area contributed by atoms with Crippen LogP contribution in [-0.2, 0) is 6.54 Å². The summed E-state index contributed by atoms with van der Waals surface area (Å²) in [6.45, 7) is 1.63. The Balaban J connectivity index is 1.73. The summed E-state index contributed by atoms with van der Waals surface area (Å²) in [6.07, 6.45) is 5.99. The van der Waals surface area contributed by atoms with Gasteiger partial charge in [-0.1, -0.05) is 5.21 Å². The lowest BCUT2D eigenvalue weighted by Gasteiger charge is -2.04. The molecule has 17 heavy (non-hydrogen) atoms. The number of pyridine rings is 1. The fraction of sp³-hybridized carbons (Fsp3) is 0.273. The van der Waals surface area contributed by atoms with Crippen molar-refractivity contribution in [3.8, 4) is 6.07 Å². The van der Waals surface area contributed by atoms with Crippen molar-refractivity contribution in [3.63, 3.8) is 0 Å². The summed E-state index contributed by atoms with van der Waals surface area (Å²) in [6, 6.07) is 5.57. The molecule has 86 valence electrons. The maximum Gasteiger partial charge on any atom is 0.125 e. The van der Waals surface area contributed by atoms with Gasteiger partial charge in [-0.25, -0.2) is 4.98 Å². The van der Waals surface area contributed by atoms with Crippen molar-refractivity contribution in [2.24, 2.45) is 0 Å². The first kappa shape index (κ1) is 11.1. The van der Waals surface area contributed by atoms with Crippen LogP contribution in [0.1, 0.15) is 12.0 Å². The number of nitrogens with one attached hydrogen (secondary N) is 1. The van der Waals surface area contributed by atoms with Gasteiger partial charge in [0.2, 0.25) is 0 Å². The number of anilines is 1. The van der Waals surface area contributed by atoms with Crippen molar-refractivity contribution >= 4 is 5.82 Å². The maximum atomic E-state index is 8.62. The lowest BCUT2D eigenvalue weighted by atomic mass is 10.3. The lowest BCUT2D eigenvalue weighted by Crippen LogP contribution is -2.08. The van der Waals surface area contributed by atoms with Crippen LogP contribution in [-0.4, -0.2) is 26.5 Å². The number of rotatable bonds is 5. The molecule has 0 aromatic carbocycles. The van der Waals surface area contributed by atoms with Gasteiger partial charge in [0.15, 0.2) is 0 Å². The van der Waals surface area contributed by atoms with E-state index < -0.39 is 0 Å². The summed E-state index contributed by atoms with van der Waals surface area (Å²) in [5, 5.41) is 19.4. The van der Waals surface area contributed by atoms with E-state index >= 15 is 0 Å². The van der Waals surface area contributed by atoms with E-state index in [1.165, 1.54) is 0 Å². The third-order valence-corrected chi connectivity index (χ3v) is 2.23. The molecular formula is C11H12N6. The molecule has 0 atom stereocenters. The van der Waals surface area contributed by atoms with E-state index in [-0.39, 0.29) is 0 Å². The Kier molecular flexibility index (Phi) is 3.65. The van der Waals surface area contributed by atoms with Crippen LogP contribution in [0.3, 0.4) is 0 Å². The molecule has 0 fully saturated rings. The van der Waals surface area contributed by atoms with E-state index in [0.717, 1.165) is 25.3 Å². The molecule has 0 aliphatic carbocycles. The van der Waals surface area contributed by atoms with Gasteiger partial charge < -0.3 is 5.32 Å². The smallest absolute Gasteiger partial charge is 0.125 e. The van der Waals surface area contributed by atoms with Gasteiger partial charge in [-0.05, 0) is 18.6 Å². The third-order valence-electron chi connectivity index (χ3n) is 2.23. The van der Waals surface area contributed by atoms with Crippen LogP contribution in [0.5, 0.6) is 0 Å². The summed E-state index contributed by atoms with van der Waals surface area (Å²) in [7, 11) is 0. The molecule has 2 rings (SSSR count). The zero-order valence-corrected chi connectivity index (χ0v) is 9.24. The van der Waals surface area contributed by atoms with Crippen molar-refractivity contribution in [2.75, 3.05) is 11.9 Å². The second kappa shape index (κ2) is 5.61. The first-order valence-electron chi connectivity index (χ1n) is 5.32. The van der Waals surface area contributed by atoms with Crippen molar-refractivity contribution in [3.05, 3.63) is 36.3 Å². The molecular weight excluding hydrogens is 216 g/mol. The Bertz CT molecular complexity index is 482. The van der Waals surface area contributed by atoms with Gasteiger partial charge in [0.25, 0.3) is 0 Å². The largest absolute Gasteiger partial charge is 0.370 e. The molecule has 0 radical (unpaired) electrons. The van der Waals surface area contributed by atoms with E-state index in [4.69, 9.17) is 5.26 Å². The van der Waals surface area contributed by atoms with Gasteiger partial charge in [-0.15, -0.1) is 5.10 Å². The number of aryl methyl sites for hydroxylation is 1. The molecule has 0 aliphatic heterocycles. The second-order valence-corrected chi connectivity index (χ2v) is 3.49. The van der Waals surface area contributed by atoms with E-state index in [0.29, 0.717) is 5.56 Å². The molecule has 2 aromatic rings. The molecule has 0 spiro atoms. The van der Waals surface area contributed by atoms with E-state index in [1.807, 2.05) is 12.3 Å². The Morgan fingerprint density at radius 2 is 2.35 bits per heavy atom. The Morgan fingerprint density at radius 3 is 3.00 bits per heavy atom. The number of nitriles is 1. The van der Waals surface area contributed by atoms with Crippen molar-refractivity contribution in [2.45, 2.75) is 13.0 Å². The SMILES string of the molecule is N#Cc1ccc(NCCCn2ccnn2)nc1. The van der Waals surface area contributed by atoms with Crippen LogP contribution in [0.2, 0.25) is 0 Å². The summed E-state index contributed by atoms with van der Waals surface area (Å²) in [5.41, 5.74) is 0.568. The predicted molar refractivity (Wildman–Crippen MR) is 62.1 cm³/mol. The Hall–Kier alpha value is -2.42. The minimum Gasteiger partial charge on any atom is -0.370 e. The normalized spacial score (nSPS) is 9.82. The molecule has 2 aromatic heterocycles. The van der Waals surface area contributed by atoms with Gasteiger partial charge in [0.1, 0.15) is 11.9 Å². The number of hydrogen-bond donors (Lipinski definition) is 1. The Labute approximate surface area is 98.9 Å². The molecule has 0 amide bonds. The third kappa shape index (κ3) is 3.28. The Morgan fingerprint density at radius 1 is 1.41 bits per heavy atom.